The third-order valence-corrected chi connectivity index (χ3v) is 3.87. The van der Waals surface area contributed by atoms with E-state index in [-0.39, 0.29) is 18.0 Å². The number of amides is 1. The van der Waals surface area contributed by atoms with Crippen LogP contribution in [0.4, 0.5) is 5.95 Å². The van der Waals surface area contributed by atoms with Gasteiger partial charge in [0.05, 0.1) is 11.7 Å². The van der Waals surface area contributed by atoms with E-state index in [2.05, 4.69) is 31.2 Å². The van der Waals surface area contributed by atoms with Crippen LogP contribution in [0.3, 0.4) is 0 Å². The van der Waals surface area contributed by atoms with Gasteiger partial charge in [0.1, 0.15) is 6.04 Å². The molecule has 2 unspecified atom stereocenters. The van der Waals surface area contributed by atoms with Crippen LogP contribution in [0.5, 0.6) is 0 Å². The maximum atomic E-state index is 12.2. The van der Waals surface area contributed by atoms with Crippen molar-refractivity contribution in [1.82, 2.24) is 30.6 Å². The second-order valence-corrected chi connectivity index (χ2v) is 5.26. The lowest BCUT2D eigenvalue weighted by Gasteiger charge is -2.10. The van der Waals surface area contributed by atoms with E-state index in [0.29, 0.717) is 12.4 Å². The quantitative estimate of drug-likeness (QED) is 0.651. The fraction of sp³-hybridized carbons (Fsp3) is 0.462. The number of aromatic amines is 1. The van der Waals surface area contributed by atoms with Crippen LogP contribution in [0.2, 0.25) is 0 Å². The van der Waals surface area contributed by atoms with Crippen molar-refractivity contribution in [3.63, 3.8) is 0 Å². The van der Waals surface area contributed by atoms with Crippen molar-refractivity contribution in [1.29, 1.82) is 0 Å². The van der Waals surface area contributed by atoms with E-state index in [1.54, 1.807) is 12.4 Å². The molecule has 1 amide bonds. The Hall–Kier alpha value is -2.19. The zero-order valence-corrected chi connectivity index (χ0v) is 12.3. The Labute approximate surface area is 122 Å². The predicted molar refractivity (Wildman–Crippen MR) is 77.3 cm³/mol. The predicted octanol–water partition coefficient (Wildman–Crippen LogP) is 0.306. The summed E-state index contributed by atoms with van der Waals surface area (Å²) in [5.41, 5.74) is 9.47. The van der Waals surface area contributed by atoms with Gasteiger partial charge in [-0.3, -0.25) is 14.8 Å². The van der Waals surface area contributed by atoms with Gasteiger partial charge in [-0.15, -0.1) is 0 Å². The normalized spacial score (nSPS) is 21.7. The molecule has 2 atom stereocenters. The van der Waals surface area contributed by atoms with Crippen LogP contribution in [0.15, 0.2) is 12.4 Å². The first kappa shape index (κ1) is 13.8. The van der Waals surface area contributed by atoms with E-state index in [4.69, 9.17) is 0 Å². The molecular formula is C13H19N7O. The van der Waals surface area contributed by atoms with Crippen molar-refractivity contribution in [2.75, 3.05) is 5.32 Å². The molecule has 21 heavy (non-hydrogen) atoms. The largest absolute Gasteiger partial charge is 0.331 e. The van der Waals surface area contributed by atoms with Gasteiger partial charge in [0.25, 0.3) is 0 Å². The van der Waals surface area contributed by atoms with E-state index in [1.165, 1.54) is 0 Å². The molecule has 0 aromatic carbocycles. The number of aromatic nitrogens is 4. The van der Waals surface area contributed by atoms with Crippen molar-refractivity contribution in [2.24, 2.45) is 7.05 Å². The molecule has 8 nitrogen and oxygen atoms in total. The number of carbonyl (C=O) groups excluding carboxylic acids is 1. The fourth-order valence-corrected chi connectivity index (χ4v) is 2.75. The molecule has 1 saturated heterocycles. The van der Waals surface area contributed by atoms with Gasteiger partial charge in [-0.2, -0.15) is 5.10 Å². The van der Waals surface area contributed by atoms with Gasteiger partial charge in [0.2, 0.25) is 11.9 Å². The molecule has 112 valence electrons. The average Bonchev–Trinajstić information content (AvgIpc) is 3.13. The highest BCUT2D eigenvalue weighted by molar-refractivity contribution is 5.93. The number of hydrogen-bond acceptors (Lipinski definition) is 5. The van der Waals surface area contributed by atoms with Gasteiger partial charge in [-0.25, -0.2) is 15.8 Å². The molecule has 0 radical (unpaired) electrons. The maximum absolute atomic E-state index is 12.2. The Morgan fingerprint density at radius 2 is 2.24 bits per heavy atom. The summed E-state index contributed by atoms with van der Waals surface area (Å²) in [5, 5.41) is 7.16. The van der Waals surface area contributed by atoms with Crippen LogP contribution in [0, 0.1) is 13.8 Å². The van der Waals surface area contributed by atoms with E-state index in [1.807, 2.05) is 25.6 Å². The van der Waals surface area contributed by atoms with Gasteiger partial charge in [0.15, 0.2) is 0 Å². The van der Waals surface area contributed by atoms with Crippen LogP contribution in [0.25, 0.3) is 0 Å². The van der Waals surface area contributed by atoms with Crippen molar-refractivity contribution >= 4 is 11.9 Å². The van der Waals surface area contributed by atoms with Gasteiger partial charge in [0, 0.05) is 30.7 Å². The van der Waals surface area contributed by atoms with Gasteiger partial charge in [-0.05, 0) is 20.3 Å². The van der Waals surface area contributed by atoms with E-state index < -0.39 is 0 Å². The lowest BCUT2D eigenvalue weighted by atomic mass is 10.00. The Kier molecular flexibility index (Phi) is 3.48. The zero-order valence-electron chi connectivity index (χ0n) is 12.3. The minimum atomic E-state index is -0.306. The third kappa shape index (κ3) is 2.55. The third-order valence-electron chi connectivity index (χ3n) is 3.87. The van der Waals surface area contributed by atoms with Crippen molar-refractivity contribution in [2.45, 2.75) is 32.4 Å². The highest BCUT2D eigenvalue weighted by Crippen LogP contribution is 2.27. The molecule has 2 aromatic heterocycles. The molecule has 4 N–H and O–H groups in total. The first-order chi connectivity index (χ1) is 10.1. The second-order valence-electron chi connectivity index (χ2n) is 5.26. The summed E-state index contributed by atoms with van der Waals surface area (Å²) < 4.78 is 1.86. The maximum Gasteiger partial charge on any atom is 0.245 e. The van der Waals surface area contributed by atoms with Gasteiger partial charge >= 0.3 is 0 Å². The van der Waals surface area contributed by atoms with Crippen molar-refractivity contribution in [3.8, 4) is 0 Å². The van der Waals surface area contributed by atoms with Crippen LogP contribution < -0.4 is 16.2 Å². The number of rotatable bonds is 3. The van der Waals surface area contributed by atoms with Crippen LogP contribution in [-0.4, -0.2) is 31.7 Å². The van der Waals surface area contributed by atoms with Gasteiger partial charge in [-0.1, -0.05) is 0 Å². The molecule has 1 fully saturated rings. The molecule has 1 aliphatic heterocycles. The molecular weight excluding hydrogens is 270 g/mol. The summed E-state index contributed by atoms with van der Waals surface area (Å²) in [6.07, 6.45) is 3.93. The minimum Gasteiger partial charge on any atom is -0.331 e. The molecule has 8 heteroatoms. The standard InChI is InChI=1S/C13H19N7O/c1-7-11(8(2)20(3)19-7)9-6-10(18-17-9)12(21)16-13-14-4-5-15-13/h4-5,9-10,17-18H,6H2,1-3H3,(H2,14,15,16,21). The number of carbonyl (C=O) groups is 1. The Morgan fingerprint density at radius 3 is 2.86 bits per heavy atom. The Morgan fingerprint density at radius 1 is 1.43 bits per heavy atom. The first-order valence-electron chi connectivity index (χ1n) is 6.87. The molecule has 2 aromatic rings. The number of aryl methyl sites for hydroxylation is 2. The lowest BCUT2D eigenvalue weighted by molar-refractivity contribution is -0.117. The van der Waals surface area contributed by atoms with E-state index in [0.717, 1.165) is 17.0 Å². The fourth-order valence-electron chi connectivity index (χ4n) is 2.75. The summed E-state index contributed by atoms with van der Waals surface area (Å²) in [6, 6.07) is -0.231. The second kappa shape index (κ2) is 5.30. The first-order valence-corrected chi connectivity index (χ1v) is 6.87. The van der Waals surface area contributed by atoms with Crippen molar-refractivity contribution in [3.05, 3.63) is 29.3 Å². The summed E-state index contributed by atoms with van der Waals surface area (Å²) in [4.78, 5) is 19.0. The number of imidazole rings is 1. The van der Waals surface area contributed by atoms with Crippen LogP contribution >= 0.6 is 0 Å². The summed E-state index contributed by atoms with van der Waals surface area (Å²) in [7, 11) is 1.93. The average molecular weight is 289 g/mol. The van der Waals surface area contributed by atoms with Crippen LogP contribution in [-0.2, 0) is 11.8 Å². The SMILES string of the molecule is Cc1nn(C)c(C)c1C1CC(C(=O)Nc2ncc[nH]2)NN1. The molecule has 3 heterocycles. The number of H-pyrrole nitrogens is 1. The molecule has 0 saturated carbocycles. The highest BCUT2D eigenvalue weighted by Gasteiger charge is 2.33. The summed E-state index contributed by atoms with van der Waals surface area (Å²) in [6.45, 7) is 4.02. The lowest BCUT2D eigenvalue weighted by Crippen LogP contribution is -2.39. The monoisotopic (exact) mass is 289 g/mol. The van der Waals surface area contributed by atoms with E-state index >= 15 is 0 Å². The minimum absolute atomic E-state index is 0.0750. The zero-order chi connectivity index (χ0) is 15.0. The smallest absolute Gasteiger partial charge is 0.245 e. The van der Waals surface area contributed by atoms with Crippen LogP contribution in [0.1, 0.15) is 29.4 Å². The molecule has 1 aliphatic rings. The number of hydrogen-bond donors (Lipinski definition) is 4. The summed E-state index contributed by atoms with van der Waals surface area (Å²) >= 11 is 0. The summed E-state index contributed by atoms with van der Waals surface area (Å²) in [5.74, 6) is 0.345. The Balaban J connectivity index is 1.69. The molecule has 0 spiro atoms. The molecule has 3 rings (SSSR count). The Bertz CT molecular complexity index is 646. The number of nitrogens with one attached hydrogen (secondary N) is 4. The van der Waals surface area contributed by atoms with E-state index in [9.17, 15) is 4.79 Å². The molecule has 0 aliphatic carbocycles. The number of hydrazine groups is 1. The molecule has 0 bridgehead atoms. The van der Waals surface area contributed by atoms with Gasteiger partial charge < -0.3 is 4.98 Å². The number of anilines is 1. The highest BCUT2D eigenvalue weighted by atomic mass is 16.2. The van der Waals surface area contributed by atoms with Crippen molar-refractivity contribution < 1.29 is 4.79 Å². The topological polar surface area (TPSA) is 99.7 Å². The number of nitrogens with zero attached hydrogens (tertiary/aromatic N) is 3.